The lowest BCUT2D eigenvalue weighted by atomic mass is 9.96. The molecule has 0 spiro atoms. The fraction of sp³-hybridized carbons (Fsp3) is 0.562. The van der Waals surface area contributed by atoms with E-state index in [1.807, 2.05) is 17.5 Å². The quantitative estimate of drug-likeness (QED) is 0.877. The van der Waals surface area contributed by atoms with Gasteiger partial charge in [-0.05, 0) is 50.3 Å². The molecule has 1 saturated heterocycles. The Bertz CT molecular complexity index is 618. The van der Waals surface area contributed by atoms with Crippen LogP contribution in [0.1, 0.15) is 25.2 Å². The molecule has 23 heavy (non-hydrogen) atoms. The van der Waals surface area contributed by atoms with Crippen molar-refractivity contribution >= 4 is 17.2 Å². The molecule has 1 N–H and O–H groups in total. The van der Waals surface area contributed by atoms with E-state index in [0.717, 1.165) is 50.2 Å². The first-order valence-electron chi connectivity index (χ1n) is 8.06. The summed E-state index contributed by atoms with van der Waals surface area (Å²) in [6.45, 7) is 2.99. The van der Waals surface area contributed by atoms with Crippen LogP contribution in [0.3, 0.4) is 0 Å². The molecule has 1 aliphatic rings. The molecular weight excluding hydrogens is 312 g/mol. The minimum Gasteiger partial charge on any atom is -0.359 e. The monoisotopic (exact) mass is 334 g/mol. The maximum absolute atomic E-state index is 11.6. The molecule has 1 fully saturated rings. The van der Waals surface area contributed by atoms with E-state index in [-0.39, 0.29) is 11.8 Å². The van der Waals surface area contributed by atoms with E-state index in [1.165, 1.54) is 0 Å². The highest BCUT2D eigenvalue weighted by molar-refractivity contribution is 7.13. The van der Waals surface area contributed by atoms with E-state index >= 15 is 0 Å². The zero-order chi connectivity index (χ0) is 16.1. The lowest BCUT2D eigenvalue weighted by molar-refractivity contribution is -0.125. The summed E-state index contributed by atoms with van der Waals surface area (Å²) >= 11 is 1.61. The predicted octanol–water partition coefficient (Wildman–Crippen LogP) is 2.19. The van der Waals surface area contributed by atoms with Gasteiger partial charge in [0, 0.05) is 19.4 Å². The Labute approximate surface area is 139 Å². The Morgan fingerprint density at radius 3 is 3.00 bits per heavy atom. The summed E-state index contributed by atoms with van der Waals surface area (Å²) in [6.07, 6.45) is 3.69. The number of hydrogen-bond donors (Lipinski definition) is 1. The summed E-state index contributed by atoms with van der Waals surface area (Å²) in [7, 11) is 1.71. The van der Waals surface area contributed by atoms with Gasteiger partial charge in [-0.25, -0.2) is 0 Å². The van der Waals surface area contributed by atoms with Crippen molar-refractivity contribution in [2.24, 2.45) is 5.92 Å². The minimum absolute atomic E-state index is 0.177. The number of aryl methyl sites for hydroxylation is 1. The van der Waals surface area contributed by atoms with Crippen LogP contribution in [-0.2, 0) is 11.2 Å². The zero-order valence-corrected chi connectivity index (χ0v) is 14.1. The van der Waals surface area contributed by atoms with Gasteiger partial charge in [-0.15, -0.1) is 11.3 Å². The van der Waals surface area contributed by atoms with E-state index < -0.39 is 0 Å². The average Bonchev–Trinajstić information content (AvgIpc) is 3.26. The molecule has 6 nitrogen and oxygen atoms in total. The van der Waals surface area contributed by atoms with Gasteiger partial charge in [-0.2, -0.15) is 4.98 Å². The molecule has 0 bridgehead atoms. The summed E-state index contributed by atoms with van der Waals surface area (Å²) in [5, 5.41) is 8.78. The molecule has 0 radical (unpaired) electrons. The third-order valence-corrected chi connectivity index (χ3v) is 5.15. The molecule has 0 unspecified atom stereocenters. The second-order valence-corrected chi connectivity index (χ2v) is 6.77. The van der Waals surface area contributed by atoms with Gasteiger partial charge in [0.25, 0.3) is 0 Å². The Morgan fingerprint density at radius 2 is 2.30 bits per heavy atom. The number of thiophene rings is 1. The largest absolute Gasteiger partial charge is 0.359 e. The number of carbonyl (C=O) groups excluding carboxylic acids is 1. The molecule has 3 heterocycles. The Hall–Kier alpha value is -1.73. The highest BCUT2D eigenvalue weighted by Gasteiger charge is 2.23. The van der Waals surface area contributed by atoms with E-state index in [1.54, 1.807) is 18.4 Å². The van der Waals surface area contributed by atoms with Crippen LogP contribution >= 0.6 is 11.3 Å². The van der Waals surface area contributed by atoms with Crippen molar-refractivity contribution in [3.8, 4) is 10.7 Å². The maximum Gasteiger partial charge on any atom is 0.227 e. The Balaban J connectivity index is 1.40. The number of rotatable bonds is 6. The van der Waals surface area contributed by atoms with E-state index in [2.05, 4.69) is 20.4 Å². The summed E-state index contributed by atoms with van der Waals surface area (Å²) in [6, 6.07) is 3.98. The Morgan fingerprint density at radius 1 is 1.48 bits per heavy atom. The van der Waals surface area contributed by atoms with Gasteiger partial charge in [0.2, 0.25) is 17.6 Å². The third kappa shape index (κ3) is 4.17. The van der Waals surface area contributed by atoms with Gasteiger partial charge in [-0.3, -0.25) is 4.79 Å². The average molecular weight is 334 g/mol. The lowest BCUT2D eigenvalue weighted by Crippen LogP contribution is -2.39. The van der Waals surface area contributed by atoms with E-state index in [0.29, 0.717) is 11.7 Å². The van der Waals surface area contributed by atoms with Crippen molar-refractivity contribution in [2.45, 2.75) is 25.7 Å². The summed E-state index contributed by atoms with van der Waals surface area (Å²) in [5.74, 6) is 1.74. The van der Waals surface area contributed by atoms with Crippen LogP contribution in [0.2, 0.25) is 0 Å². The van der Waals surface area contributed by atoms with Gasteiger partial charge >= 0.3 is 0 Å². The normalized spacial score (nSPS) is 16.6. The first-order chi connectivity index (χ1) is 11.3. The van der Waals surface area contributed by atoms with E-state index in [9.17, 15) is 4.79 Å². The summed E-state index contributed by atoms with van der Waals surface area (Å²) in [4.78, 5) is 19.5. The first-order valence-corrected chi connectivity index (χ1v) is 8.94. The fourth-order valence-corrected chi connectivity index (χ4v) is 3.59. The number of hydrogen-bond acceptors (Lipinski definition) is 6. The summed E-state index contributed by atoms with van der Waals surface area (Å²) in [5.41, 5.74) is 0. The van der Waals surface area contributed by atoms with Crippen molar-refractivity contribution in [3.05, 3.63) is 23.4 Å². The first kappa shape index (κ1) is 16.1. The molecule has 2 aromatic heterocycles. The number of carbonyl (C=O) groups is 1. The topological polar surface area (TPSA) is 71.3 Å². The number of nitrogens with zero attached hydrogens (tertiary/aromatic N) is 3. The number of nitrogens with one attached hydrogen (secondary N) is 1. The van der Waals surface area contributed by atoms with Crippen molar-refractivity contribution in [3.63, 3.8) is 0 Å². The molecule has 0 saturated carbocycles. The molecule has 3 rings (SSSR count). The van der Waals surface area contributed by atoms with Crippen LogP contribution in [0.25, 0.3) is 10.7 Å². The van der Waals surface area contributed by atoms with Crippen LogP contribution in [0.4, 0.5) is 0 Å². The van der Waals surface area contributed by atoms with Crippen LogP contribution in [0.5, 0.6) is 0 Å². The highest BCUT2D eigenvalue weighted by atomic mass is 32.1. The van der Waals surface area contributed by atoms with Gasteiger partial charge < -0.3 is 14.7 Å². The second-order valence-electron chi connectivity index (χ2n) is 5.82. The van der Waals surface area contributed by atoms with Crippen LogP contribution < -0.4 is 5.32 Å². The molecular formula is C16H22N4O2S. The molecule has 7 heteroatoms. The van der Waals surface area contributed by atoms with Crippen molar-refractivity contribution in [1.29, 1.82) is 0 Å². The van der Waals surface area contributed by atoms with Crippen LogP contribution in [0, 0.1) is 5.92 Å². The number of aromatic nitrogens is 2. The highest BCUT2D eigenvalue weighted by Crippen LogP contribution is 2.22. The lowest BCUT2D eigenvalue weighted by Gasteiger charge is -2.30. The van der Waals surface area contributed by atoms with Gasteiger partial charge in [-0.1, -0.05) is 11.2 Å². The van der Waals surface area contributed by atoms with E-state index in [4.69, 9.17) is 4.52 Å². The molecule has 0 aromatic carbocycles. The molecule has 124 valence electrons. The van der Waals surface area contributed by atoms with Crippen molar-refractivity contribution in [1.82, 2.24) is 20.4 Å². The van der Waals surface area contributed by atoms with Crippen LogP contribution in [0.15, 0.2) is 22.0 Å². The van der Waals surface area contributed by atoms with Gasteiger partial charge in [0.05, 0.1) is 4.88 Å². The second kappa shape index (κ2) is 7.70. The molecule has 2 aromatic rings. The summed E-state index contributed by atoms with van der Waals surface area (Å²) < 4.78 is 5.32. The minimum atomic E-state index is 0.177. The third-order valence-electron chi connectivity index (χ3n) is 4.28. The smallest absolute Gasteiger partial charge is 0.227 e. The molecule has 1 aliphatic heterocycles. The number of amides is 1. The zero-order valence-electron chi connectivity index (χ0n) is 13.3. The van der Waals surface area contributed by atoms with Crippen molar-refractivity contribution < 1.29 is 9.32 Å². The number of piperidine rings is 1. The fourth-order valence-electron chi connectivity index (χ4n) is 2.94. The van der Waals surface area contributed by atoms with Gasteiger partial charge in [0.15, 0.2) is 0 Å². The molecule has 1 amide bonds. The van der Waals surface area contributed by atoms with Gasteiger partial charge in [0.1, 0.15) is 0 Å². The van der Waals surface area contributed by atoms with Crippen molar-refractivity contribution in [2.75, 3.05) is 26.7 Å². The predicted molar refractivity (Wildman–Crippen MR) is 89.2 cm³/mol. The maximum atomic E-state index is 11.6. The number of likely N-dealkylation sites (tertiary alicyclic amines) is 1. The Kier molecular flexibility index (Phi) is 5.40. The van der Waals surface area contributed by atoms with Crippen LogP contribution in [-0.4, -0.2) is 47.6 Å². The standard InChI is InChI=1S/C16H22N4O2S/c1-17-16(21)12-6-9-20(10-7-12)8-2-5-14-18-15(19-22-14)13-4-3-11-23-13/h3-4,11-12H,2,5-10H2,1H3,(H,17,21). The molecule has 0 atom stereocenters. The molecule has 0 aliphatic carbocycles. The SMILES string of the molecule is CNC(=O)C1CCN(CCCc2nc(-c3cccs3)no2)CC1.